The van der Waals surface area contributed by atoms with Crippen LogP contribution in [0.1, 0.15) is 49.1 Å². The van der Waals surface area contributed by atoms with Crippen molar-refractivity contribution in [3.63, 3.8) is 0 Å². The number of rotatable bonds is 5. The molecule has 2 aromatic rings. The molecule has 2 atom stereocenters. The molecule has 0 bridgehead atoms. The van der Waals surface area contributed by atoms with Crippen molar-refractivity contribution in [2.45, 2.75) is 60.1 Å². The maximum Gasteiger partial charge on any atom is 0.416 e. The van der Waals surface area contributed by atoms with E-state index in [1.807, 2.05) is 30.3 Å². The van der Waals surface area contributed by atoms with Gasteiger partial charge in [0, 0.05) is 12.0 Å². The lowest BCUT2D eigenvalue weighted by Crippen LogP contribution is -2.45. The standard InChI is InChI=1S/C23H23F4NO3S/c24-22(32(30,31)18-8-4-7-16(13-18)23(25,26)27)11-9-17(10-12-22)28-21(29)20-14-19(20)15-5-2-1-3-6-15/h1-8,13,17,19-20H,9-12,14H2,(H,28,29)/t17-,19-,20+,22-/m1/s1. The van der Waals surface area contributed by atoms with E-state index in [1.54, 1.807) is 0 Å². The van der Waals surface area contributed by atoms with Gasteiger partial charge in [0.15, 0.2) is 0 Å². The van der Waals surface area contributed by atoms with E-state index >= 15 is 4.39 Å². The summed E-state index contributed by atoms with van der Waals surface area (Å²) >= 11 is 0. The van der Waals surface area contributed by atoms with Gasteiger partial charge in [-0.15, -0.1) is 0 Å². The van der Waals surface area contributed by atoms with E-state index in [0.29, 0.717) is 6.07 Å². The Kier molecular flexibility index (Phi) is 5.81. The first-order chi connectivity index (χ1) is 15.0. The Morgan fingerprint density at radius 2 is 1.66 bits per heavy atom. The van der Waals surface area contributed by atoms with Crippen LogP contribution in [-0.2, 0) is 20.8 Å². The first-order valence-electron chi connectivity index (χ1n) is 10.5. The summed E-state index contributed by atoms with van der Waals surface area (Å²) in [5, 5.41) is 0.227. The fourth-order valence-corrected chi connectivity index (χ4v) is 6.11. The van der Waals surface area contributed by atoms with Crippen molar-refractivity contribution in [2.24, 2.45) is 5.92 Å². The van der Waals surface area contributed by atoms with Gasteiger partial charge < -0.3 is 5.32 Å². The molecule has 4 nitrogen and oxygen atoms in total. The molecule has 172 valence electrons. The minimum atomic E-state index is -4.72. The number of nitrogens with one attached hydrogen (secondary N) is 1. The molecular weight excluding hydrogens is 446 g/mol. The molecule has 2 fully saturated rings. The number of benzene rings is 2. The fourth-order valence-electron chi connectivity index (χ4n) is 4.37. The number of alkyl halides is 4. The minimum absolute atomic E-state index is 0.100. The van der Waals surface area contributed by atoms with Gasteiger partial charge in [-0.2, -0.15) is 13.2 Å². The number of carbonyl (C=O) groups excluding carboxylic acids is 1. The van der Waals surface area contributed by atoms with Gasteiger partial charge in [-0.25, -0.2) is 12.8 Å². The predicted molar refractivity (Wildman–Crippen MR) is 110 cm³/mol. The maximum atomic E-state index is 15.4. The molecule has 32 heavy (non-hydrogen) atoms. The van der Waals surface area contributed by atoms with Crippen LogP contribution in [0.2, 0.25) is 0 Å². The van der Waals surface area contributed by atoms with E-state index in [-0.39, 0.29) is 49.5 Å². The summed E-state index contributed by atoms with van der Waals surface area (Å²) in [6, 6.07) is 12.5. The van der Waals surface area contributed by atoms with Crippen LogP contribution < -0.4 is 5.32 Å². The van der Waals surface area contributed by atoms with E-state index in [9.17, 15) is 26.4 Å². The zero-order valence-electron chi connectivity index (χ0n) is 17.1. The summed E-state index contributed by atoms with van der Waals surface area (Å²) in [5.74, 6) is -0.124. The van der Waals surface area contributed by atoms with Gasteiger partial charge in [-0.3, -0.25) is 4.79 Å². The van der Waals surface area contributed by atoms with Crippen molar-refractivity contribution < 1.29 is 30.8 Å². The summed E-state index contributed by atoms with van der Waals surface area (Å²) in [4.78, 5) is 11.9. The van der Waals surface area contributed by atoms with Crippen molar-refractivity contribution in [3.8, 4) is 0 Å². The molecule has 1 N–H and O–H groups in total. The molecular formula is C23H23F4NO3S. The highest BCUT2D eigenvalue weighted by Crippen LogP contribution is 2.48. The van der Waals surface area contributed by atoms with E-state index in [4.69, 9.17) is 0 Å². The molecule has 0 radical (unpaired) electrons. The minimum Gasteiger partial charge on any atom is -0.353 e. The van der Waals surface area contributed by atoms with Crippen molar-refractivity contribution in [3.05, 3.63) is 65.7 Å². The lowest BCUT2D eigenvalue weighted by Gasteiger charge is -2.34. The molecule has 2 saturated carbocycles. The number of carbonyl (C=O) groups is 1. The Hall–Kier alpha value is -2.42. The Bertz CT molecular complexity index is 1090. The van der Waals surface area contributed by atoms with Gasteiger partial charge in [0.05, 0.1) is 10.5 Å². The molecule has 2 aliphatic rings. The lowest BCUT2D eigenvalue weighted by molar-refractivity contribution is -0.137. The monoisotopic (exact) mass is 469 g/mol. The van der Waals surface area contributed by atoms with Crippen LogP contribution in [0, 0.1) is 5.92 Å². The first-order valence-corrected chi connectivity index (χ1v) is 12.0. The smallest absolute Gasteiger partial charge is 0.353 e. The maximum absolute atomic E-state index is 15.4. The second kappa shape index (κ2) is 8.17. The predicted octanol–water partition coefficient (Wildman–Crippen LogP) is 5.01. The van der Waals surface area contributed by atoms with Gasteiger partial charge in [0.25, 0.3) is 0 Å². The summed E-state index contributed by atoms with van der Waals surface area (Å²) in [6.45, 7) is 0. The van der Waals surface area contributed by atoms with Crippen molar-refractivity contribution in [1.82, 2.24) is 5.32 Å². The summed E-state index contributed by atoms with van der Waals surface area (Å²) in [6.07, 6.45) is -4.56. The molecule has 9 heteroatoms. The molecule has 0 heterocycles. The van der Waals surface area contributed by atoms with Crippen LogP contribution in [0.25, 0.3) is 0 Å². The third-order valence-corrected chi connectivity index (χ3v) is 8.63. The van der Waals surface area contributed by atoms with E-state index in [0.717, 1.165) is 30.2 Å². The SMILES string of the molecule is O=C(N[C@H]1CC[C@](F)(S(=O)(=O)c2cccc(C(F)(F)F)c2)CC1)[C@H]1C[C@@H]1c1ccccc1. The highest BCUT2D eigenvalue weighted by molar-refractivity contribution is 7.92. The Balaban J connectivity index is 1.38. The Morgan fingerprint density at radius 1 is 1.00 bits per heavy atom. The second-order valence-corrected chi connectivity index (χ2v) is 10.8. The molecule has 1 amide bonds. The number of amides is 1. The van der Waals surface area contributed by atoms with Gasteiger partial charge in [0.2, 0.25) is 20.7 Å². The molecule has 4 rings (SSSR count). The lowest BCUT2D eigenvalue weighted by atomic mass is 9.93. The quantitative estimate of drug-likeness (QED) is 0.627. The third kappa shape index (κ3) is 4.40. The summed E-state index contributed by atoms with van der Waals surface area (Å²) in [7, 11) is -4.62. The summed E-state index contributed by atoms with van der Waals surface area (Å²) < 4.78 is 79.9. The Morgan fingerprint density at radius 3 is 2.28 bits per heavy atom. The highest BCUT2D eigenvalue weighted by atomic mass is 32.2. The largest absolute Gasteiger partial charge is 0.416 e. The molecule has 0 unspecified atom stereocenters. The zero-order chi connectivity index (χ0) is 23.1. The summed E-state index contributed by atoms with van der Waals surface area (Å²) in [5.41, 5.74) is -0.0493. The topological polar surface area (TPSA) is 63.2 Å². The normalized spacial score (nSPS) is 28.2. The highest BCUT2D eigenvalue weighted by Gasteiger charge is 2.49. The van der Waals surface area contributed by atoms with E-state index < -0.39 is 31.5 Å². The third-order valence-electron chi connectivity index (χ3n) is 6.39. The van der Waals surface area contributed by atoms with Gasteiger partial charge in [-0.05, 0) is 61.8 Å². The van der Waals surface area contributed by atoms with Crippen LogP contribution in [0.5, 0.6) is 0 Å². The second-order valence-electron chi connectivity index (χ2n) is 8.55. The van der Waals surface area contributed by atoms with Gasteiger partial charge in [0.1, 0.15) is 0 Å². The molecule has 2 aromatic carbocycles. The number of halogens is 4. The Labute approximate surface area is 183 Å². The number of hydrogen-bond donors (Lipinski definition) is 1. The van der Waals surface area contributed by atoms with Crippen LogP contribution in [0.3, 0.4) is 0 Å². The number of sulfone groups is 1. The first kappa shape index (κ1) is 22.8. The van der Waals surface area contributed by atoms with E-state index in [1.165, 1.54) is 0 Å². The average Bonchev–Trinajstić information content (AvgIpc) is 3.57. The molecule has 2 aliphatic carbocycles. The van der Waals surface area contributed by atoms with Crippen molar-refractivity contribution in [2.75, 3.05) is 0 Å². The van der Waals surface area contributed by atoms with Crippen LogP contribution in [0.15, 0.2) is 59.5 Å². The fraction of sp³-hybridized carbons (Fsp3) is 0.435. The molecule has 0 aliphatic heterocycles. The zero-order valence-corrected chi connectivity index (χ0v) is 17.9. The van der Waals surface area contributed by atoms with Crippen LogP contribution in [-0.4, -0.2) is 25.4 Å². The van der Waals surface area contributed by atoms with Crippen LogP contribution >= 0.6 is 0 Å². The molecule has 0 spiro atoms. The van der Waals surface area contributed by atoms with Crippen LogP contribution in [0.4, 0.5) is 17.6 Å². The van der Waals surface area contributed by atoms with Crippen molar-refractivity contribution in [1.29, 1.82) is 0 Å². The van der Waals surface area contributed by atoms with Gasteiger partial charge >= 0.3 is 6.18 Å². The number of hydrogen-bond acceptors (Lipinski definition) is 3. The molecule has 0 saturated heterocycles. The van der Waals surface area contributed by atoms with Gasteiger partial charge in [-0.1, -0.05) is 36.4 Å². The average molecular weight is 470 g/mol. The molecule has 0 aromatic heterocycles. The van der Waals surface area contributed by atoms with E-state index in [2.05, 4.69) is 5.32 Å². The van der Waals surface area contributed by atoms with Crippen molar-refractivity contribution >= 4 is 15.7 Å².